The van der Waals surface area contributed by atoms with E-state index >= 15 is 0 Å². The summed E-state index contributed by atoms with van der Waals surface area (Å²) in [6.07, 6.45) is 0.338. The molecule has 2 aromatic rings. The summed E-state index contributed by atoms with van der Waals surface area (Å²) in [6, 6.07) is 13.7. The zero-order valence-corrected chi connectivity index (χ0v) is 16.5. The summed E-state index contributed by atoms with van der Waals surface area (Å²) in [7, 11) is 0. The Morgan fingerprint density at radius 3 is 2.58 bits per heavy atom. The number of hydrogen-bond donors (Lipinski definition) is 1. The van der Waals surface area contributed by atoms with Gasteiger partial charge in [0.2, 0.25) is 0 Å². The first kappa shape index (κ1) is 20.3. The average molecular weight is 441 g/mol. The zero-order valence-electron chi connectivity index (χ0n) is 14.2. The average Bonchev–Trinajstić information content (AvgIpc) is 2.61. The number of amides is 1. The van der Waals surface area contributed by atoms with E-state index in [1.165, 1.54) is 0 Å². The molecule has 0 saturated heterocycles. The number of esters is 1. The molecule has 7 heteroatoms. The summed E-state index contributed by atoms with van der Waals surface area (Å²) in [5, 5.41) is 3.05. The summed E-state index contributed by atoms with van der Waals surface area (Å²) < 4.78 is 11.3. The third kappa shape index (κ3) is 6.35. The third-order valence-corrected chi connectivity index (χ3v) is 4.23. The van der Waals surface area contributed by atoms with Crippen LogP contribution >= 0.6 is 27.5 Å². The number of halogens is 2. The molecule has 0 spiro atoms. The molecule has 2 aromatic carbocycles. The molecule has 1 unspecified atom stereocenters. The first-order valence-corrected chi connectivity index (χ1v) is 9.24. The summed E-state index contributed by atoms with van der Waals surface area (Å²) in [4.78, 5) is 24.4. The molecule has 1 atom stereocenters. The van der Waals surface area contributed by atoms with Crippen LogP contribution in [0.2, 0.25) is 5.02 Å². The van der Waals surface area contributed by atoms with E-state index in [1.54, 1.807) is 25.1 Å². The fourth-order valence-electron chi connectivity index (χ4n) is 2.26. The maximum Gasteiger partial charge on any atom is 0.328 e. The molecule has 0 saturated carbocycles. The van der Waals surface area contributed by atoms with Crippen LogP contribution in [-0.2, 0) is 20.7 Å². The Kier molecular flexibility index (Phi) is 7.94. The first-order valence-electron chi connectivity index (χ1n) is 8.07. The molecule has 26 heavy (non-hydrogen) atoms. The van der Waals surface area contributed by atoms with Gasteiger partial charge in [-0.1, -0.05) is 57.9 Å². The molecular formula is C19H19BrClNO4. The standard InChI is InChI=1S/C19H19BrClNO4/c1-2-25-19(24)16(10-13-6-4-3-5-7-13)22-18(23)12-26-17-9-8-14(20)11-15(17)21/h3-9,11,16H,2,10,12H2,1H3,(H,22,23). The predicted octanol–water partition coefficient (Wildman–Crippen LogP) is 3.77. The maximum absolute atomic E-state index is 12.2. The van der Waals surface area contributed by atoms with Crippen molar-refractivity contribution in [2.24, 2.45) is 0 Å². The largest absolute Gasteiger partial charge is 0.482 e. The minimum Gasteiger partial charge on any atom is -0.482 e. The summed E-state index contributed by atoms with van der Waals surface area (Å²) >= 11 is 9.36. The highest BCUT2D eigenvalue weighted by Crippen LogP contribution is 2.27. The number of hydrogen-bond acceptors (Lipinski definition) is 4. The van der Waals surface area contributed by atoms with Gasteiger partial charge in [-0.25, -0.2) is 4.79 Å². The number of carbonyl (C=O) groups is 2. The van der Waals surface area contributed by atoms with Gasteiger partial charge in [-0.3, -0.25) is 4.79 Å². The van der Waals surface area contributed by atoms with Crippen molar-refractivity contribution in [3.05, 3.63) is 63.6 Å². The van der Waals surface area contributed by atoms with Gasteiger partial charge >= 0.3 is 5.97 Å². The molecule has 138 valence electrons. The van der Waals surface area contributed by atoms with Crippen LogP contribution in [0.15, 0.2) is 53.0 Å². The highest BCUT2D eigenvalue weighted by Gasteiger charge is 2.22. The molecular weight excluding hydrogens is 422 g/mol. The van der Waals surface area contributed by atoms with Gasteiger partial charge in [-0.2, -0.15) is 0 Å². The molecule has 2 rings (SSSR count). The fraction of sp³-hybridized carbons (Fsp3) is 0.263. The second-order valence-corrected chi connectivity index (χ2v) is 6.75. The number of rotatable bonds is 8. The minimum absolute atomic E-state index is 0.241. The van der Waals surface area contributed by atoms with Crippen LogP contribution < -0.4 is 10.1 Å². The second-order valence-electron chi connectivity index (χ2n) is 5.43. The number of nitrogens with one attached hydrogen (secondary N) is 1. The Morgan fingerprint density at radius 1 is 1.19 bits per heavy atom. The minimum atomic E-state index is -0.783. The van der Waals surface area contributed by atoms with Gasteiger partial charge in [-0.05, 0) is 30.7 Å². The quantitative estimate of drug-likeness (QED) is 0.635. The van der Waals surface area contributed by atoms with Crippen LogP contribution in [0, 0.1) is 0 Å². The van der Waals surface area contributed by atoms with Crippen molar-refractivity contribution in [1.29, 1.82) is 0 Å². The number of ether oxygens (including phenoxy) is 2. The van der Waals surface area contributed by atoms with Gasteiger partial charge < -0.3 is 14.8 Å². The molecule has 1 amide bonds. The molecule has 0 aliphatic rings. The molecule has 0 radical (unpaired) electrons. The Morgan fingerprint density at radius 2 is 1.92 bits per heavy atom. The van der Waals surface area contributed by atoms with Crippen LogP contribution in [-0.4, -0.2) is 31.1 Å². The van der Waals surface area contributed by atoms with E-state index in [0.717, 1.165) is 10.0 Å². The van der Waals surface area contributed by atoms with Crippen molar-refractivity contribution >= 4 is 39.4 Å². The Balaban J connectivity index is 1.97. The molecule has 0 aliphatic heterocycles. The van der Waals surface area contributed by atoms with E-state index in [-0.39, 0.29) is 13.2 Å². The number of carbonyl (C=O) groups excluding carboxylic acids is 2. The first-order chi connectivity index (χ1) is 12.5. The fourth-order valence-corrected chi connectivity index (χ4v) is 2.99. The lowest BCUT2D eigenvalue weighted by Gasteiger charge is -2.18. The Hall–Kier alpha value is -2.05. The third-order valence-electron chi connectivity index (χ3n) is 3.44. The van der Waals surface area contributed by atoms with Crippen molar-refractivity contribution in [3.63, 3.8) is 0 Å². The lowest BCUT2D eigenvalue weighted by Crippen LogP contribution is -2.45. The van der Waals surface area contributed by atoms with Gasteiger partial charge in [-0.15, -0.1) is 0 Å². The van der Waals surface area contributed by atoms with E-state index in [4.69, 9.17) is 21.1 Å². The van der Waals surface area contributed by atoms with Crippen LogP contribution in [0.25, 0.3) is 0 Å². The smallest absolute Gasteiger partial charge is 0.328 e. The molecule has 0 bridgehead atoms. The van der Waals surface area contributed by atoms with Gasteiger partial charge in [0.15, 0.2) is 6.61 Å². The zero-order chi connectivity index (χ0) is 18.9. The lowest BCUT2D eigenvalue weighted by molar-refractivity contribution is -0.147. The van der Waals surface area contributed by atoms with E-state index < -0.39 is 17.9 Å². The van der Waals surface area contributed by atoms with Gasteiger partial charge in [0.05, 0.1) is 11.6 Å². The highest BCUT2D eigenvalue weighted by molar-refractivity contribution is 9.10. The number of benzene rings is 2. The topological polar surface area (TPSA) is 64.6 Å². The summed E-state index contributed by atoms with van der Waals surface area (Å²) in [5.74, 6) is -0.523. The van der Waals surface area contributed by atoms with Crippen molar-refractivity contribution < 1.29 is 19.1 Å². The Labute approximate surface area is 165 Å². The van der Waals surface area contributed by atoms with Gasteiger partial charge in [0.1, 0.15) is 11.8 Å². The molecule has 0 heterocycles. The van der Waals surface area contributed by atoms with Crippen LogP contribution in [0.1, 0.15) is 12.5 Å². The predicted molar refractivity (Wildman–Crippen MR) is 103 cm³/mol. The van der Waals surface area contributed by atoms with E-state index in [0.29, 0.717) is 17.2 Å². The normalized spacial score (nSPS) is 11.5. The van der Waals surface area contributed by atoms with Crippen molar-refractivity contribution in [2.45, 2.75) is 19.4 Å². The monoisotopic (exact) mass is 439 g/mol. The molecule has 0 fully saturated rings. The van der Waals surface area contributed by atoms with Crippen LogP contribution in [0.3, 0.4) is 0 Å². The van der Waals surface area contributed by atoms with Crippen LogP contribution in [0.5, 0.6) is 5.75 Å². The van der Waals surface area contributed by atoms with Crippen molar-refractivity contribution in [3.8, 4) is 5.75 Å². The van der Waals surface area contributed by atoms with Crippen molar-refractivity contribution in [2.75, 3.05) is 13.2 Å². The highest BCUT2D eigenvalue weighted by atomic mass is 79.9. The van der Waals surface area contributed by atoms with E-state index in [9.17, 15) is 9.59 Å². The maximum atomic E-state index is 12.2. The lowest BCUT2D eigenvalue weighted by atomic mass is 10.1. The Bertz CT molecular complexity index is 754. The molecule has 0 aromatic heterocycles. The SMILES string of the molecule is CCOC(=O)C(Cc1ccccc1)NC(=O)COc1ccc(Br)cc1Cl. The molecule has 1 N–H and O–H groups in total. The molecule has 5 nitrogen and oxygen atoms in total. The summed E-state index contributed by atoms with van der Waals surface area (Å²) in [5.41, 5.74) is 0.919. The van der Waals surface area contributed by atoms with Gasteiger partial charge in [0, 0.05) is 10.9 Å². The second kappa shape index (κ2) is 10.2. The summed E-state index contributed by atoms with van der Waals surface area (Å²) in [6.45, 7) is 1.70. The van der Waals surface area contributed by atoms with E-state index in [1.807, 2.05) is 30.3 Å². The van der Waals surface area contributed by atoms with Gasteiger partial charge in [0.25, 0.3) is 5.91 Å². The molecule has 0 aliphatic carbocycles. The van der Waals surface area contributed by atoms with E-state index in [2.05, 4.69) is 21.2 Å². The van der Waals surface area contributed by atoms with Crippen LogP contribution in [0.4, 0.5) is 0 Å². The van der Waals surface area contributed by atoms with Crippen molar-refractivity contribution in [1.82, 2.24) is 5.32 Å².